The minimum atomic E-state index is -1.21. The summed E-state index contributed by atoms with van der Waals surface area (Å²) in [5, 5.41) is 0. The normalized spacial score (nSPS) is 17.0. The number of hydrogen-bond donors (Lipinski definition) is 0. The number of esters is 2. The minimum Gasteiger partial charge on any atom is -0.439 e. The average molecular weight is 441 g/mol. The fourth-order valence-corrected chi connectivity index (χ4v) is 4.52. The Kier molecular flexibility index (Phi) is 4.70. The van der Waals surface area contributed by atoms with Gasteiger partial charge in [0.1, 0.15) is 11.4 Å². The molecule has 1 unspecified atom stereocenters. The van der Waals surface area contributed by atoms with Gasteiger partial charge in [-0.05, 0) is 43.3 Å². The second-order valence-corrected chi connectivity index (χ2v) is 8.29. The topological polar surface area (TPSA) is 73.1 Å². The molecule has 3 heterocycles. The Morgan fingerprint density at radius 3 is 2.55 bits per heavy atom. The third-order valence-electron chi connectivity index (χ3n) is 5.92. The largest absolute Gasteiger partial charge is 0.439 e. The summed E-state index contributed by atoms with van der Waals surface area (Å²) < 4.78 is 13.4. The van der Waals surface area contributed by atoms with E-state index in [0.29, 0.717) is 11.3 Å². The van der Waals surface area contributed by atoms with E-state index in [1.807, 2.05) is 85.0 Å². The van der Waals surface area contributed by atoms with Crippen LogP contribution in [-0.2, 0) is 15.1 Å². The first-order chi connectivity index (χ1) is 15.8. The van der Waals surface area contributed by atoms with Crippen LogP contribution in [0.3, 0.4) is 0 Å². The van der Waals surface area contributed by atoms with E-state index in [1.54, 1.807) is 12.1 Å². The van der Waals surface area contributed by atoms with Gasteiger partial charge in [0.05, 0.1) is 17.0 Å². The maximum absolute atomic E-state index is 13.2. The fraction of sp³-hybridized carbons (Fsp3) is 0.192. The van der Waals surface area contributed by atoms with E-state index in [1.165, 1.54) is 6.92 Å². The highest BCUT2D eigenvalue weighted by molar-refractivity contribution is 5.97. The van der Waals surface area contributed by atoms with Gasteiger partial charge in [0, 0.05) is 44.0 Å². The average Bonchev–Trinajstić information content (AvgIpc) is 3.27. The molecule has 0 N–H and O–H groups in total. The molecule has 0 bridgehead atoms. The molecule has 0 amide bonds. The molecule has 2 aromatic heterocycles. The maximum atomic E-state index is 13.2. The van der Waals surface area contributed by atoms with Crippen LogP contribution in [0.15, 0.2) is 66.9 Å². The van der Waals surface area contributed by atoms with E-state index in [4.69, 9.17) is 14.5 Å². The zero-order valence-corrected chi connectivity index (χ0v) is 18.8. The van der Waals surface area contributed by atoms with E-state index >= 15 is 0 Å². The van der Waals surface area contributed by atoms with Crippen LogP contribution in [0.2, 0.25) is 0 Å². The number of ether oxygens (including phenoxy) is 2. The molecule has 0 radical (unpaired) electrons. The van der Waals surface area contributed by atoms with E-state index in [0.717, 1.165) is 33.8 Å². The third kappa shape index (κ3) is 3.16. The predicted octanol–water partition coefficient (Wildman–Crippen LogP) is 4.10. The number of pyridine rings is 1. The van der Waals surface area contributed by atoms with Gasteiger partial charge < -0.3 is 14.4 Å². The number of anilines is 1. The number of imidazole rings is 1. The zero-order valence-electron chi connectivity index (χ0n) is 18.8. The first-order valence-corrected chi connectivity index (χ1v) is 10.6. The number of carbonyl (C=O) groups excluding carboxylic acids is 2. The number of hydrogen-bond acceptors (Lipinski definition) is 6. The van der Waals surface area contributed by atoms with E-state index in [9.17, 15) is 9.59 Å². The van der Waals surface area contributed by atoms with Gasteiger partial charge in [-0.3, -0.25) is 9.20 Å². The Balaban J connectivity index is 1.81. The van der Waals surface area contributed by atoms with Gasteiger partial charge in [-0.15, -0.1) is 0 Å². The number of aryl methyl sites for hydroxylation is 1. The summed E-state index contributed by atoms with van der Waals surface area (Å²) in [6.07, 6.45) is 1.92. The van der Waals surface area contributed by atoms with Crippen LogP contribution in [0.1, 0.15) is 39.8 Å². The summed E-state index contributed by atoms with van der Waals surface area (Å²) in [6.45, 7) is 3.27. The van der Waals surface area contributed by atoms with Crippen LogP contribution >= 0.6 is 0 Å². The molecule has 7 nitrogen and oxygen atoms in total. The molecule has 1 atom stereocenters. The second-order valence-electron chi connectivity index (χ2n) is 8.29. The van der Waals surface area contributed by atoms with Crippen molar-refractivity contribution in [2.45, 2.75) is 19.4 Å². The van der Waals surface area contributed by atoms with Crippen molar-refractivity contribution in [2.24, 2.45) is 0 Å². The van der Waals surface area contributed by atoms with Crippen molar-refractivity contribution in [1.82, 2.24) is 9.38 Å². The Bertz CT molecular complexity index is 1410. The number of benzene rings is 2. The van der Waals surface area contributed by atoms with Crippen LogP contribution in [0.25, 0.3) is 5.65 Å². The molecular formula is C26H23N3O4. The highest BCUT2D eigenvalue weighted by Crippen LogP contribution is 2.49. The molecule has 2 aromatic carbocycles. The van der Waals surface area contributed by atoms with E-state index in [2.05, 4.69) is 0 Å². The number of aromatic nitrogens is 2. The van der Waals surface area contributed by atoms with Crippen LogP contribution < -0.4 is 9.64 Å². The van der Waals surface area contributed by atoms with Crippen molar-refractivity contribution in [1.29, 1.82) is 0 Å². The van der Waals surface area contributed by atoms with Crippen LogP contribution in [-0.4, -0.2) is 35.4 Å². The van der Waals surface area contributed by atoms with Crippen LogP contribution in [0, 0.1) is 6.92 Å². The van der Waals surface area contributed by atoms with Crippen LogP contribution in [0.5, 0.6) is 5.75 Å². The molecule has 0 fully saturated rings. The number of rotatable bonds is 4. The summed E-state index contributed by atoms with van der Waals surface area (Å²) in [5.41, 5.74) is 3.94. The quantitative estimate of drug-likeness (QED) is 0.351. The lowest BCUT2D eigenvalue weighted by molar-refractivity contribution is -0.131. The van der Waals surface area contributed by atoms with Gasteiger partial charge in [-0.1, -0.05) is 24.3 Å². The first kappa shape index (κ1) is 20.8. The van der Waals surface area contributed by atoms with Crippen LogP contribution in [0.4, 0.5) is 5.69 Å². The summed E-state index contributed by atoms with van der Waals surface area (Å²) in [5.74, 6) is -0.379. The Morgan fingerprint density at radius 1 is 1.09 bits per heavy atom. The molecule has 33 heavy (non-hydrogen) atoms. The first-order valence-electron chi connectivity index (χ1n) is 10.6. The molecule has 4 aromatic rings. The van der Waals surface area contributed by atoms with Gasteiger partial charge in [0.2, 0.25) is 5.60 Å². The van der Waals surface area contributed by atoms with Gasteiger partial charge in [0.25, 0.3) is 0 Å². The lowest BCUT2D eigenvalue weighted by atomic mass is 9.81. The summed E-state index contributed by atoms with van der Waals surface area (Å²) in [4.78, 5) is 31.3. The third-order valence-corrected chi connectivity index (χ3v) is 5.92. The molecule has 166 valence electrons. The van der Waals surface area contributed by atoms with Crippen molar-refractivity contribution in [3.05, 3.63) is 94.9 Å². The summed E-state index contributed by atoms with van der Waals surface area (Å²) >= 11 is 0. The molecule has 1 aliphatic rings. The highest BCUT2D eigenvalue weighted by atomic mass is 16.6. The SMILES string of the molecule is CC(=O)Oc1ccc(C2(c3c(C)nc4ccccn34)OC(=O)c3cc(N(C)C)ccc32)cc1. The molecule has 0 saturated heterocycles. The van der Waals surface area contributed by atoms with Crippen molar-refractivity contribution in [3.8, 4) is 5.75 Å². The number of cyclic esters (lactones) is 1. The zero-order chi connectivity index (χ0) is 23.3. The van der Waals surface area contributed by atoms with Crippen molar-refractivity contribution >= 4 is 23.3 Å². The van der Waals surface area contributed by atoms with Gasteiger partial charge in [-0.2, -0.15) is 0 Å². The molecule has 5 rings (SSSR count). The molecule has 7 heteroatoms. The number of nitrogens with zero attached hydrogens (tertiary/aromatic N) is 3. The predicted molar refractivity (Wildman–Crippen MR) is 124 cm³/mol. The second kappa shape index (κ2) is 7.48. The fourth-order valence-electron chi connectivity index (χ4n) is 4.52. The van der Waals surface area contributed by atoms with Gasteiger partial charge >= 0.3 is 11.9 Å². The van der Waals surface area contributed by atoms with Gasteiger partial charge in [-0.25, -0.2) is 9.78 Å². The minimum absolute atomic E-state index is 0.399. The number of carbonyl (C=O) groups is 2. The number of fused-ring (bicyclic) bond motifs is 2. The standard InChI is InChI=1S/C26H23N3O4/c1-16-24(29-14-6-5-7-23(29)27-16)26(18-8-11-20(12-9-18)32-17(2)30)22-13-10-19(28(3)4)15-21(22)25(31)33-26/h5-15H,1-4H3. The van der Waals surface area contributed by atoms with E-state index in [-0.39, 0.29) is 0 Å². The molecular weight excluding hydrogens is 418 g/mol. The van der Waals surface area contributed by atoms with Crippen molar-refractivity contribution in [2.75, 3.05) is 19.0 Å². The summed E-state index contributed by atoms with van der Waals surface area (Å²) in [7, 11) is 3.86. The van der Waals surface area contributed by atoms with E-state index < -0.39 is 17.5 Å². The molecule has 0 spiro atoms. The Hall–Kier alpha value is -4.13. The Morgan fingerprint density at radius 2 is 1.85 bits per heavy atom. The smallest absolute Gasteiger partial charge is 0.340 e. The monoisotopic (exact) mass is 441 g/mol. The molecule has 0 saturated carbocycles. The Labute approximate surface area is 191 Å². The van der Waals surface area contributed by atoms with Crippen molar-refractivity contribution < 1.29 is 19.1 Å². The molecule has 1 aliphatic heterocycles. The molecule has 0 aliphatic carbocycles. The lowest BCUT2D eigenvalue weighted by Crippen LogP contribution is -2.32. The summed E-state index contributed by atoms with van der Waals surface area (Å²) in [6, 6.07) is 18.6. The highest BCUT2D eigenvalue weighted by Gasteiger charge is 2.51. The lowest BCUT2D eigenvalue weighted by Gasteiger charge is -2.30. The maximum Gasteiger partial charge on any atom is 0.340 e. The van der Waals surface area contributed by atoms with Crippen molar-refractivity contribution in [3.63, 3.8) is 0 Å². The van der Waals surface area contributed by atoms with Gasteiger partial charge in [0.15, 0.2) is 0 Å².